The molecule has 13 heteroatoms. The molecular formula is C30H25FN6O4S2. The Morgan fingerprint density at radius 1 is 1.09 bits per heavy atom. The van der Waals surface area contributed by atoms with Gasteiger partial charge in [0.1, 0.15) is 11.6 Å². The highest BCUT2D eigenvalue weighted by atomic mass is 32.2. The van der Waals surface area contributed by atoms with Crippen molar-refractivity contribution in [3.63, 3.8) is 0 Å². The number of furan rings is 1. The van der Waals surface area contributed by atoms with E-state index in [4.69, 9.17) is 14.3 Å². The average Bonchev–Trinajstić information content (AvgIpc) is 3.85. The summed E-state index contributed by atoms with van der Waals surface area (Å²) in [6.07, 6.45) is 1.94. The third-order valence-corrected chi connectivity index (χ3v) is 8.56. The fraction of sp³-hybridized carbons (Fsp3) is 0.167. The summed E-state index contributed by atoms with van der Waals surface area (Å²) in [5.74, 6) is 0.189. The van der Waals surface area contributed by atoms with E-state index in [1.807, 2.05) is 35.7 Å². The van der Waals surface area contributed by atoms with E-state index in [0.717, 1.165) is 16.2 Å². The lowest BCUT2D eigenvalue weighted by Crippen LogP contribution is -2.28. The molecule has 1 aliphatic rings. The van der Waals surface area contributed by atoms with Crippen molar-refractivity contribution in [2.75, 3.05) is 12.9 Å². The maximum atomic E-state index is 13.7. The second-order valence-corrected chi connectivity index (χ2v) is 11.3. The summed E-state index contributed by atoms with van der Waals surface area (Å²) in [6.45, 7) is 0.0479. The molecule has 0 aliphatic carbocycles. The molecule has 1 atom stereocenters. The van der Waals surface area contributed by atoms with Crippen LogP contribution in [0.25, 0.3) is 5.69 Å². The van der Waals surface area contributed by atoms with E-state index < -0.39 is 5.91 Å². The SMILES string of the molecule is COc1ccccc1-n1c(CNC(=O)c2ccco2)nnc1SCC(=O)N1N=C(c2cccs2)C[C@@H]1c1ccc(F)cc1. The molecule has 3 aromatic heterocycles. The zero-order valence-electron chi connectivity index (χ0n) is 22.8. The molecule has 43 heavy (non-hydrogen) atoms. The fourth-order valence-electron chi connectivity index (χ4n) is 4.69. The topological polar surface area (TPSA) is 115 Å². The molecule has 2 amide bonds. The zero-order valence-corrected chi connectivity index (χ0v) is 24.5. The number of aromatic nitrogens is 3. The van der Waals surface area contributed by atoms with Crippen LogP contribution < -0.4 is 10.1 Å². The van der Waals surface area contributed by atoms with Gasteiger partial charge in [-0.3, -0.25) is 14.2 Å². The first-order valence-corrected chi connectivity index (χ1v) is 15.1. The van der Waals surface area contributed by atoms with Crippen molar-refractivity contribution in [2.24, 2.45) is 5.10 Å². The number of ether oxygens (including phenoxy) is 1. The molecule has 0 fully saturated rings. The second kappa shape index (κ2) is 12.6. The molecule has 4 heterocycles. The van der Waals surface area contributed by atoms with E-state index in [2.05, 4.69) is 15.5 Å². The summed E-state index contributed by atoms with van der Waals surface area (Å²) in [5.41, 5.74) is 2.24. The molecule has 218 valence electrons. The van der Waals surface area contributed by atoms with Crippen LogP contribution in [-0.2, 0) is 11.3 Å². The van der Waals surface area contributed by atoms with E-state index in [0.29, 0.717) is 28.8 Å². The molecular weight excluding hydrogens is 592 g/mol. The molecule has 0 spiro atoms. The van der Waals surface area contributed by atoms with Crippen LogP contribution >= 0.6 is 23.1 Å². The first kappa shape index (κ1) is 28.4. The van der Waals surface area contributed by atoms with Gasteiger partial charge in [0.15, 0.2) is 16.7 Å². The number of thioether (sulfide) groups is 1. The number of hydrogen-bond donors (Lipinski definition) is 1. The van der Waals surface area contributed by atoms with Gasteiger partial charge in [-0.1, -0.05) is 42.1 Å². The number of hydrazone groups is 1. The normalized spacial score (nSPS) is 14.5. The van der Waals surface area contributed by atoms with Crippen molar-refractivity contribution in [3.8, 4) is 11.4 Å². The van der Waals surface area contributed by atoms with Crippen molar-refractivity contribution in [2.45, 2.75) is 24.2 Å². The third kappa shape index (κ3) is 6.08. The Kier molecular flexibility index (Phi) is 8.34. The van der Waals surface area contributed by atoms with Gasteiger partial charge in [0.2, 0.25) is 0 Å². The lowest BCUT2D eigenvalue weighted by atomic mass is 10.0. The number of nitrogens with one attached hydrogen (secondary N) is 1. The van der Waals surface area contributed by atoms with Crippen LogP contribution in [0.1, 0.15) is 39.3 Å². The van der Waals surface area contributed by atoms with Crippen molar-refractivity contribution in [1.82, 2.24) is 25.1 Å². The highest BCUT2D eigenvalue weighted by molar-refractivity contribution is 7.99. The van der Waals surface area contributed by atoms with Crippen molar-refractivity contribution >= 4 is 40.6 Å². The summed E-state index contributed by atoms with van der Waals surface area (Å²) in [5, 5.41) is 20.0. The smallest absolute Gasteiger partial charge is 0.287 e. The number of methoxy groups -OCH3 is 1. The minimum atomic E-state index is -0.399. The fourth-order valence-corrected chi connectivity index (χ4v) is 6.23. The van der Waals surface area contributed by atoms with Gasteiger partial charge in [0.05, 0.1) is 48.0 Å². The highest BCUT2D eigenvalue weighted by Gasteiger charge is 2.34. The van der Waals surface area contributed by atoms with E-state index in [1.54, 1.807) is 53.3 Å². The molecule has 10 nitrogen and oxygen atoms in total. The van der Waals surface area contributed by atoms with Gasteiger partial charge in [0, 0.05) is 6.42 Å². The van der Waals surface area contributed by atoms with Gasteiger partial charge >= 0.3 is 0 Å². The predicted molar refractivity (Wildman–Crippen MR) is 160 cm³/mol. The molecule has 6 rings (SSSR count). The van der Waals surface area contributed by atoms with Crippen LogP contribution in [0.3, 0.4) is 0 Å². The van der Waals surface area contributed by atoms with E-state index in [9.17, 15) is 14.0 Å². The number of carbonyl (C=O) groups is 2. The van der Waals surface area contributed by atoms with Crippen LogP contribution in [0.5, 0.6) is 5.75 Å². The summed E-state index contributed by atoms with van der Waals surface area (Å²) >= 11 is 2.74. The minimum Gasteiger partial charge on any atom is -0.495 e. The largest absolute Gasteiger partial charge is 0.495 e. The highest BCUT2D eigenvalue weighted by Crippen LogP contribution is 2.35. The molecule has 0 bridgehead atoms. The number of benzene rings is 2. The predicted octanol–water partition coefficient (Wildman–Crippen LogP) is 5.47. The second-order valence-electron chi connectivity index (χ2n) is 9.39. The van der Waals surface area contributed by atoms with Crippen molar-refractivity contribution < 1.29 is 23.1 Å². The number of para-hydroxylation sites is 2. The monoisotopic (exact) mass is 616 g/mol. The molecule has 1 aliphatic heterocycles. The van der Waals surface area contributed by atoms with Crippen LogP contribution in [0, 0.1) is 5.82 Å². The lowest BCUT2D eigenvalue weighted by molar-refractivity contribution is -0.130. The van der Waals surface area contributed by atoms with Gasteiger partial charge < -0.3 is 14.5 Å². The Morgan fingerprint density at radius 2 is 1.93 bits per heavy atom. The zero-order chi connectivity index (χ0) is 29.8. The Hall–Kier alpha value is -4.75. The van der Waals surface area contributed by atoms with E-state index >= 15 is 0 Å². The number of thiophene rings is 1. The van der Waals surface area contributed by atoms with Gasteiger partial charge in [-0.05, 0) is 53.4 Å². The number of carbonyl (C=O) groups excluding carboxylic acids is 2. The van der Waals surface area contributed by atoms with E-state index in [1.165, 1.54) is 35.2 Å². The molecule has 0 saturated heterocycles. The number of nitrogens with zero attached hydrogens (tertiary/aromatic N) is 5. The summed E-state index contributed by atoms with van der Waals surface area (Å²) in [7, 11) is 1.56. The molecule has 0 saturated carbocycles. The quantitative estimate of drug-likeness (QED) is 0.207. The van der Waals surface area contributed by atoms with Gasteiger partial charge in [-0.2, -0.15) is 5.10 Å². The summed E-state index contributed by atoms with van der Waals surface area (Å²) in [4.78, 5) is 27.2. The molecule has 0 unspecified atom stereocenters. The average molecular weight is 617 g/mol. The maximum Gasteiger partial charge on any atom is 0.287 e. The minimum absolute atomic E-state index is 0.00491. The summed E-state index contributed by atoms with van der Waals surface area (Å²) in [6, 6.07) is 20.2. The Morgan fingerprint density at radius 3 is 2.67 bits per heavy atom. The van der Waals surface area contributed by atoms with Crippen LogP contribution in [-0.4, -0.2) is 50.2 Å². The van der Waals surface area contributed by atoms with Crippen LogP contribution in [0.15, 0.2) is 99.1 Å². The molecule has 5 aromatic rings. The standard InChI is InChI=1S/C30H25FN6O4S2/c1-40-24-7-3-2-6-22(24)36-27(17-32-29(39)25-8-4-14-41-25)33-34-30(36)43-18-28(38)37-23(19-10-12-20(31)13-11-19)16-21(35-37)26-9-5-15-42-26/h2-15,23H,16-18H2,1H3,(H,32,39)/t23-/m1/s1. The first-order chi connectivity index (χ1) is 21.0. The van der Waals surface area contributed by atoms with Crippen LogP contribution in [0.4, 0.5) is 4.39 Å². The van der Waals surface area contributed by atoms with Gasteiger partial charge in [-0.15, -0.1) is 21.5 Å². The number of rotatable bonds is 10. The Labute approximate surface area is 254 Å². The number of hydrogen-bond acceptors (Lipinski definition) is 9. The lowest BCUT2D eigenvalue weighted by Gasteiger charge is -2.22. The molecule has 1 N–H and O–H groups in total. The van der Waals surface area contributed by atoms with E-state index in [-0.39, 0.29) is 35.8 Å². The molecule has 0 radical (unpaired) electrons. The third-order valence-electron chi connectivity index (χ3n) is 6.73. The number of halogens is 1. The Balaban J connectivity index is 1.26. The van der Waals surface area contributed by atoms with Crippen LogP contribution in [0.2, 0.25) is 0 Å². The van der Waals surface area contributed by atoms with Gasteiger partial charge in [-0.25, -0.2) is 9.40 Å². The molecule has 2 aromatic carbocycles. The first-order valence-electron chi connectivity index (χ1n) is 13.2. The number of amides is 2. The summed E-state index contributed by atoms with van der Waals surface area (Å²) < 4.78 is 26.2. The van der Waals surface area contributed by atoms with Crippen molar-refractivity contribution in [1.29, 1.82) is 0 Å². The Bertz CT molecular complexity index is 1750. The van der Waals surface area contributed by atoms with Gasteiger partial charge in [0.25, 0.3) is 11.8 Å². The van der Waals surface area contributed by atoms with Crippen molar-refractivity contribution in [3.05, 3.63) is 112 Å². The maximum absolute atomic E-state index is 13.7.